The van der Waals surface area contributed by atoms with Crippen molar-refractivity contribution in [3.8, 4) is 22.0 Å². The lowest BCUT2D eigenvalue weighted by Crippen LogP contribution is -1.84. The Labute approximate surface area is 127 Å². The van der Waals surface area contributed by atoms with Gasteiger partial charge in [0.1, 0.15) is 5.01 Å². The van der Waals surface area contributed by atoms with Gasteiger partial charge in [-0.05, 0) is 19.1 Å². The molecular weight excluding hydrogens is 288 g/mol. The van der Waals surface area contributed by atoms with Gasteiger partial charge < -0.3 is 0 Å². The van der Waals surface area contributed by atoms with E-state index in [1.165, 1.54) is 5.56 Å². The van der Waals surface area contributed by atoms with Crippen LogP contribution in [0.1, 0.15) is 10.4 Å². The number of aryl methyl sites for hydroxylation is 1. The van der Waals surface area contributed by atoms with Crippen LogP contribution in [0, 0.1) is 6.92 Å². The Kier molecular flexibility index (Phi) is 3.81. The molecule has 2 nitrogen and oxygen atoms in total. The van der Waals surface area contributed by atoms with Crippen LogP contribution < -0.4 is 0 Å². The number of thiazole rings is 1. The average Bonchev–Trinajstić information content (AvgIpc) is 2.93. The van der Waals surface area contributed by atoms with E-state index < -0.39 is 0 Å². The van der Waals surface area contributed by atoms with Crippen LogP contribution in [0.2, 0.25) is 0 Å². The molecule has 3 aromatic rings. The normalized spacial score (nSPS) is 10.7. The number of rotatable bonds is 3. The van der Waals surface area contributed by atoms with Gasteiger partial charge in [-0.1, -0.05) is 35.9 Å². The molecule has 0 aliphatic carbocycles. The molecule has 0 saturated carbocycles. The fourth-order valence-electron chi connectivity index (χ4n) is 1.98. The Bertz CT molecular complexity index is 705. The van der Waals surface area contributed by atoms with Crippen molar-refractivity contribution in [2.24, 2.45) is 0 Å². The summed E-state index contributed by atoms with van der Waals surface area (Å²) in [5.41, 5.74) is 4.19. The predicted molar refractivity (Wildman–Crippen MR) is 85.1 cm³/mol. The van der Waals surface area contributed by atoms with Crippen LogP contribution >= 0.6 is 22.9 Å². The van der Waals surface area contributed by atoms with Crippen LogP contribution in [-0.2, 0) is 5.88 Å². The summed E-state index contributed by atoms with van der Waals surface area (Å²) in [6.07, 6.45) is 1.78. The highest BCUT2D eigenvalue weighted by atomic mass is 35.5. The van der Waals surface area contributed by atoms with Gasteiger partial charge in [-0.3, -0.25) is 4.98 Å². The van der Waals surface area contributed by atoms with Crippen molar-refractivity contribution in [2.75, 3.05) is 0 Å². The zero-order valence-corrected chi connectivity index (χ0v) is 12.6. The lowest BCUT2D eigenvalue weighted by molar-refractivity contribution is 1.28. The molecule has 0 N–H and O–H groups in total. The van der Waals surface area contributed by atoms with E-state index in [2.05, 4.69) is 36.2 Å². The minimum absolute atomic E-state index is 0.466. The van der Waals surface area contributed by atoms with Gasteiger partial charge in [0.05, 0.1) is 17.3 Å². The SMILES string of the molecule is Cc1ccc(-c2nc(-c3ccccn3)sc2CCl)cc1. The topological polar surface area (TPSA) is 25.8 Å². The molecule has 3 rings (SSSR count). The van der Waals surface area contributed by atoms with Crippen LogP contribution in [0.25, 0.3) is 22.0 Å². The van der Waals surface area contributed by atoms with Gasteiger partial charge >= 0.3 is 0 Å². The summed E-state index contributed by atoms with van der Waals surface area (Å²) in [4.78, 5) is 10.2. The number of nitrogens with zero attached hydrogens (tertiary/aromatic N) is 2. The molecule has 0 unspecified atom stereocenters. The molecule has 0 bridgehead atoms. The molecule has 0 aliphatic rings. The standard InChI is InChI=1S/C16H13ClN2S/c1-11-5-7-12(8-6-11)15-14(10-17)20-16(19-15)13-4-2-3-9-18-13/h2-9H,10H2,1H3. The highest BCUT2D eigenvalue weighted by molar-refractivity contribution is 7.15. The van der Waals surface area contributed by atoms with E-state index in [0.29, 0.717) is 5.88 Å². The lowest BCUT2D eigenvalue weighted by Gasteiger charge is -2.00. The summed E-state index contributed by atoms with van der Waals surface area (Å²) in [6.45, 7) is 2.08. The van der Waals surface area contributed by atoms with Crippen molar-refractivity contribution in [1.82, 2.24) is 9.97 Å². The molecule has 0 radical (unpaired) electrons. The average molecular weight is 301 g/mol. The first kappa shape index (κ1) is 13.3. The smallest absolute Gasteiger partial charge is 0.142 e. The highest BCUT2D eigenvalue weighted by Crippen LogP contribution is 2.34. The first-order valence-electron chi connectivity index (χ1n) is 6.32. The molecule has 0 atom stereocenters. The zero-order valence-electron chi connectivity index (χ0n) is 11.0. The number of alkyl halides is 1. The van der Waals surface area contributed by atoms with Gasteiger partial charge in [0, 0.05) is 16.6 Å². The molecular formula is C16H13ClN2S. The van der Waals surface area contributed by atoms with E-state index in [1.807, 2.05) is 18.2 Å². The van der Waals surface area contributed by atoms with Gasteiger partial charge in [0.15, 0.2) is 0 Å². The summed E-state index contributed by atoms with van der Waals surface area (Å²) in [7, 11) is 0. The Balaban J connectivity index is 2.07. The Morgan fingerprint density at radius 3 is 2.55 bits per heavy atom. The summed E-state index contributed by atoms with van der Waals surface area (Å²) in [6, 6.07) is 14.2. The number of halogens is 1. The molecule has 0 saturated heterocycles. The monoisotopic (exact) mass is 300 g/mol. The van der Waals surface area contributed by atoms with Crippen molar-refractivity contribution in [3.63, 3.8) is 0 Å². The lowest BCUT2D eigenvalue weighted by atomic mass is 10.1. The minimum atomic E-state index is 0.466. The van der Waals surface area contributed by atoms with Crippen molar-refractivity contribution >= 4 is 22.9 Å². The summed E-state index contributed by atoms with van der Waals surface area (Å²) < 4.78 is 0. The van der Waals surface area contributed by atoms with Gasteiger partial charge in [-0.2, -0.15) is 0 Å². The van der Waals surface area contributed by atoms with Gasteiger partial charge in [0.25, 0.3) is 0 Å². The summed E-state index contributed by atoms with van der Waals surface area (Å²) >= 11 is 7.67. The second-order valence-electron chi connectivity index (χ2n) is 4.51. The van der Waals surface area contributed by atoms with Gasteiger partial charge in [-0.15, -0.1) is 22.9 Å². The Hall–Kier alpha value is -1.71. The van der Waals surface area contributed by atoms with E-state index in [9.17, 15) is 0 Å². The molecule has 2 aromatic heterocycles. The maximum atomic E-state index is 6.06. The number of pyridine rings is 1. The van der Waals surface area contributed by atoms with E-state index in [0.717, 1.165) is 26.8 Å². The summed E-state index contributed by atoms with van der Waals surface area (Å²) in [5.74, 6) is 0.466. The van der Waals surface area contributed by atoms with Crippen molar-refractivity contribution in [1.29, 1.82) is 0 Å². The third-order valence-corrected chi connectivity index (χ3v) is 4.53. The van der Waals surface area contributed by atoms with Crippen molar-refractivity contribution in [3.05, 3.63) is 59.1 Å². The fourth-order valence-corrected chi connectivity index (χ4v) is 3.18. The highest BCUT2D eigenvalue weighted by Gasteiger charge is 2.14. The van der Waals surface area contributed by atoms with Crippen LogP contribution in [0.4, 0.5) is 0 Å². The molecule has 100 valence electrons. The molecule has 0 amide bonds. The number of benzene rings is 1. The van der Waals surface area contributed by atoms with Crippen LogP contribution in [0.15, 0.2) is 48.7 Å². The first-order chi connectivity index (χ1) is 9.78. The number of hydrogen-bond acceptors (Lipinski definition) is 3. The number of hydrogen-bond donors (Lipinski definition) is 0. The van der Waals surface area contributed by atoms with Gasteiger partial charge in [0.2, 0.25) is 0 Å². The molecule has 20 heavy (non-hydrogen) atoms. The molecule has 0 aliphatic heterocycles. The van der Waals surface area contributed by atoms with E-state index in [4.69, 9.17) is 16.6 Å². The predicted octanol–water partition coefficient (Wildman–Crippen LogP) is 4.92. The molecule has 2 heterocycles. The quantitative estimate of drug-likeness (QED) is 0.642. The number of aromatic nitrogens is 2. The van der Waals surface area contributed by atoms with Crippen LogP contribution in [0.5, 0.6) is 0 Å². The largest absolute Gasteiger partial charge is 0.254 e. The molecule has 1 aromatic carbocycles. The van der Waals surface area contributed by atoms with Crippen molar-refractivity contribution < 1.29 is 0 Å². The third kappa shape index (κ3) is 2.60. The third-order valence-electron chi connectivity index (χ3n) is 3.03. The maximum Gasteiger partial charge on any atom is 0.142 e. The summed E-state index contributed by atoms with van der Waals surface area (Å²) in [5, 5.41) is 0.914. The van der Waals surface area contributed by atoms with Gasteiger partial charge in [-0.25, -0.2) is 4.98 Å². The second-order valence-corrected chi connectivity index (χ2v) is 5.86. The van der Waals surface area contributed by atoms with Crippen molar-refractivity contribution in [2.45, 2.75) is 12.8 Å². The van der Waals surface area contributed by atoms with Crippen LogP contribution in [0.3, 0.4) is 0 Å². The maximum absolute atomic E-state index is 6.06. The fraction of sp³-hybridized carbons (Fsp3) is 0.125. The Morgan fingerprint density at radius 2 is 1.90 bits per heavy atom. The van der Waals surface area contributed by atoms with E-state index >= 15 is 0 Å². The first-order valence-corrected chi connectivity index (χ1v) is 7.67. The zero-order chi connectivity index (χ0) is 13.9. The van der Waals surface area contributed by atoms with E-state index in [1.54, 1.807) is 17.5 Å². The minimum Gasteiger partial charge on any atom is -0.254 e. The van der Waals surface area contributed by atoms with E-state index in [-0.39, 0.29) is 0 Å². The molecule has 0 fully saturated rings. The second kappa shape index (κ2) is 5.73. The Morgan fingerprint density at radius 1 is 1.10 bits per heavy atom. The molecule has 0 spiro atoms. The van der Waals surface area contributed by atoms with Crippen LogP contribution in [-0.4, -0.2) is 9.97 Å². The molecule has 4 heteroatoms.